The minimum absolute atomic E-state index is 0.0741. The van der Waals surface area contributed by atoms with Crippen LogP contribution in [0.3, 0.4) is 0 Å². The predicted octanol–water partition coefficient (Wildman–Crippen LogP) is 3.25. The lowest BCUT2D eigenvalue weighted by Crippen LogP contribution is -2.52. The maximum absolute atomic E-state index is 12.9. The van der Waals surface area contributed by atoms with Gasteiger partial charge < -0.3 is 0 Å². The Balaban J connectivity index is 2.14. The van der Waals surface area contributed by atoms with Gasteiger partial charge in [-0.2, -0.15) is 0 Å². The second-order valence-electron chi connectivity index (χ2n) is 6.24. The number of nitrogens with zero attached hydrogens (tertiary/aromatic N) is 2. The standard InChI is InChI=1S/C17H14Br2N2O2/c1-17(19)9-21-16(23)13-7-11-5-3-2-4-10(11)6-12(13)15(22)20(21)8-14(17)18/h2-7,14H,8-9H2,1H3. The average molecular weight is 438 g/mol. The van der Waals surface area contributed by atoms with E-state index < -0.39 is 0 Å². The number of rotatable bonds is 0. The Hall–Kier alpha value is -1.40. The van der Waals surface area contributed by atoms with Crippen LogP contribution in [-0.4, -0.2) is 18.5 Å². The summed E-state index contributed by atoms with van der Waals surface area (Å²) in [5, 5.41) is 2.92. The fourth-order valence-electron chi connectivity index (χ4n) is 3.16. The van der Waals surface area contributed by atoms with E-state index in [2.05, 4.69) is 31.9 Å². The van der Waals surface area contributed by atoms with E-state index in [1.165, 1.54) is 0 Å². The fraction of sp³-hybridized carbons (Fsp3) is 0.294. The Kier molecular flexibility index (Phi) is 3.32. The molecular formula is C17H14Br2N2O2. The van der Waals surface area contributed by atoms with Gasteiger partial charge in [-0.15, -0.1) is 0 Å². The van der Waals surface area contributed by atoms with Crippen molar-refractivity contribution in [2.45, 2.75) is 29.2 Å². The van der Waals surface area contributed by atoms with E-state index >= 15 is 0 Å². The van der Waals surface area contributed by atoms with Crippen molar-refractivity contribution in [1.29, 1.82) is 0 Å². The monoisotopic (exact) mass is 436 g/mol. The fourth-order valence-corrected chi connectivity index (χ4v) is 3.97. The number of hydrogen-bond acceptors (Lipinski definition) is 2. The van der Waals surface area contributed by atoms with Crippen LogP contribution in [0.25, 0.3) is 21.5 Å². The molecule has 4 rings (SSSR count). The van der Waals surface area contributed by atoms with Gasteiger partial charge in [0.1, 0.15) is 0 Å². The lowest BCUT2D eigenvalue weighted by Gasteiger charge is -2.36. The molecule has 0 saturated heterocycles. The van der Waals surface area contributed by atoms with E-state index in [1.807, 2.05) is 43.3 Å². The second-order valence-corrected chi connectivity index (χ2v) is 9.16. The number of hydrogen-bond donors (Lipinski definition) is 0. The average Bonchev–Trinajstić information content (AvgIpc) is 2.53. The largest absolute Gasteiger partial charge is 0.273 e. The predicted molar refractivity (Wildman–Crippen MR) is 100 cm³/mol. The maximum Gasteiger partial charge on any atom is 0.273 e. The number of aromatic nitrogens is 2. The Labute approximate surface area is 148 Å². The summed E-state index contributed by atoms with van der Waals surface area (Å²) in [6, 6.07) is 11.4. The van der Waals surface area contributed by atoms with Crippen molar-refractivity contribution in [2.24, 2.45) is 0 Å². The molecule has 2 unspecified atom stereocenters. The number of alkyl halides is 2. The number of fused-ring (bicyclic) bond motifs is 3. The highest BCUT2D eigenvalue weighted by Crippen LogP contribution is 2.33. The first kappa shape index (κ1) is 15.1. The first-order valence-corrected chi connectivity index (χ1v) is 9.09. The molecule has 0 radical (unpaired) electrons. The molecule has 0 fully saturated rings. The molecule has 23 heavy (non-hydrogen) atoms. The molecule has 3 aromatic rings. The van der Waals surface area contributed by atoms with Crippen molar-refractivity contribution in [2.75, 3.05) is 0 Å². The molecule has 0 amide bonds. The summed E-state index contributed by atoms with van der Waals surface area (Å²) in [5.74, 6) is 0. The number of benzene rings is 2. The van der Waals surface area contributed by atoms with E-state index in [0.717, 1.165) is 10.8 Å². The first-order valence-electron chi connectivity index (χ1n) is 7.38. The van der Waals surface area contributed by atoms with Gasteiger partial charge in [0.2, 0.25) is 0 Å². The summed E-state index contributed by atoms with van der Waals surface area (Å²) < 4.78 is 2.85. The van der Waals surface area contributed by atoms with Crippen LogP contribution in [0, 0.1) is 0 Å². The van der Waals surface area contributed by atoms with Crippen LogP contribution in [0.5, 0.6) is 0 Å². The van der Waals surface area contributed by atoms with Crippen molar-refractivity contribution in [3.05, 3.63) is 57.1 Å². The Morgan fingerprint density at radius 3 is 2.13 bits per heavy atom. The van der Waals surface area contributed by atoms with Gasteiger partial charge in [-0.1, -0.05) is 56.1 Å². The third-order valence-electron chi connectivity index (χ3n) is 4.55. The van der Waals surface area contributed by atoms with Crippen LogP contribution in [0.1, 0.15) is 6.92 Å². The van der Waals surface area contributed by atoms with Crippen molar-refractivity contribution in [3.63, 3.8) is 0 Å². The van der Waals surface area contributed by atoms with Crippen molar-refractivity contribution < 1.29 is 0 Å². The second kappa shape index (κ2) is 5.05. The van der Waals surface area contributed by atoms with Gasteiger partial charge in [-0.05, 0) is 29.8 Å². The molecule has 0 bridgehead atoms. The van der Waals surface area contributed by atoms with E-state index in [0.29, 0.717) is 23.9 Å². The van der Waals surface area contributed by atoms with Crippen molar-refractivity contribution >= 4 is 53.4 Å². The van der Waals surface area contributed by atoms with Crippen LogP contribution in [-0.2, 0) is 13.1 Å². The summed E-state index contributed by atoms with van der Waals surface area (Å²) >= 11 is 7.29. The molecule has 118 valence electrons. The molecule has 2 aromatic carbocycles. The Morgan fingerprint density at radius 1 is 1.04 bits per heavy atom. The van der Waals surface area contributed by atoms with Gasteiger partial charge in [-0.3, -0.25) is 9.59 Å². The molecule has 4 nitrogen and oxygen atoms in total. The normalized spacial score (nSPS) is 24.0. The van der Waals surface area contributed by atoms with E-state index in [4.69, 9.17) is 0 Å². The molecule has 1 aromatic heterocycles. The molecule has 1 aliphatic heterocycles. The van der Waals surface area contributed by atoms with Crippen LogP contribution < -0.4 is 11.1 Å². The van der Waals surface area contributed by atoms with E-state index in [-0.39, 0.29) is 20.3 Å². The van der Waals surface area contributed by atoms with Gasteiger partial charge in [0.25, 0.3) is 11.1 Å². The first-order chi connectivity index (χ1) is 10.9. The molecule has 0 aliphatic carbocycles. The van der Waals surface area contributed by atoms with Gasteiger partial charge in [0.05, 0.1) is 33.0 Å². The Morgan fingerprint density at radius 2 is 1.57 bits per heavy atom. The van der Waals surface area contributed by atoms with Gasteiger partial charge in [-0.25, -0.2) is 9.36 Å². The highest BCUT2D eigenvalue weighted by molar-refractivity contribution is 9.12. The topological polar surface area (TPSA) is 44.0 Å². The molecule has 6 heteroatoms. The highest BCUT2D eigenvalue weighted by atomic mass is 79.9. The van der Waals surface area contributed by atoms with Crippen molar-refractivity contribution in [3.8, 4) is 0 Å². The minimum Gasteiger partial charge on any atom is -0.267 e. The zero-order valence-corrected chi connectivity index (χ0v) is 15.6. The van der Waals surface area contributed by atoms with E-state index in [9.17, 15) is 9.59 Å². The molecule has 0 N–H and O–H groups in total. The van der Waals surface area contributed by atoms with Gasteiger partial charge in [0.15, 0.2) is 0 Å². The maximum atomic E-state index is 12.9. The lowest BCUT2D eigenvalue weighted by atomic mass is 10.0. The molecule has 2 heterocycles. The summed E-state index contributed by atoms with van der Waals surface area (Å²) in [6.45, 7) is 2.93. The summed E-state index contributed by atoms with van der Waals surface area (Å²) in [4.78, 5) is 25.9. The molecule has 0 spiro atoms. The SMILES string of the molecule is CC1(Br)Cn2c(=O)c3cc4ccccc4cc3c(=O)n2CC1Br. The third kappa shape index (κ3) is 2.22. The summed E-state index contributed by atoms with van der Waals surface area (Å²) in [5.41, 5.74) is -0.228. The molecule has 2 atom stereocenters. The van der Waals surface area contributed by atoms with Crippen LogP contribution in [0.15, 0.2) is 46.0 Å². The zero-order valence-electron chi connectivity index (χ0n) is 12.4. The van der Waals surface area contributed by atoms with Crippen LogP contribution in [0.2, 0.25) is 0 Å². The summed E-state index contributed by atoms with van der Waals surface area (Å²) in [6.07, 6.45) is 0. The van der Waals surface area contributed by atoms with Gasteiger partial charge >= 0.3 is 0 Å². The highest BCUT2D eigenvalue weighted by Gasteiger charge is 2.36. The van der Waals surface area contributed by atoms with Crippen LogP contribution in [0.4, 0.5) is 0 Å². The quantitative estimate of drug-likeness (QED) is 0.400. The molecular weight excluding hydrogens is 424 g/mol. The van der Waals surface area contributed by atoms with Crippen LogP contribution >= 0.6 is 31.9 Å². The lowest BCUT2D eigenvalue weighted by molar-refractivity contribution is 0.307. The smallest absolute Gasteiger partial charge is 0.267 e. The zero-order chi connectivity index (χ0) is 16.4. The minimum atomic E-state index is -0.270. The van der Waals surface area contributed by atoms with Crippen molar-refractivity contribution in [1.82, 2.24) is 9.36 Å². The Bertz CT molecular complexity index is 1070. The summed E-state index contributed by atoms with van der Waals surface area (Å²) in [7, 11) is 0. The molecule has 1 aliphatic rings. The molecule has 0 saturated carbocycles. The third-order valence-corrected chi connectivity index (χ3v) is 7.27. The van der Waals surface area contributed by atoms with Gasteiger partial charge in [0, 0.05) is 0 Å². The van der Waals surface area contributed by atoms with E-state index in [1.54, 1.807) is 9.36 Å². The number of halogens is 2.